The number of aryl methyl sites for hydroxylation is 2. The maximum absolute atomic E-state index is 5.52. The smallest absolute Gasteiger partial charge is 0.142 e. The van der Waals surface area contributed by atoms with Crippen LogP contribution in [-0.2, 0) is 12.8 Å². The minimum absolute atomic E-state index is 0.799. The minimum Gasteiger partial charge on any atom is -0.493 e. The van der Waals surface area contributed by atoms with Crippen molar-refractivity contribution in [2.75, 3.05) is 52.8 Å². The van der Waals surface area contributed by atoms with Crippen molar-refractivity contribution in [1.82, 2.24) is 4.90 Å². The van der Waals surface area contributed by atoms with Crippen LogP contribution in [0.3, 0.4) is 0 Å². The first-order chi connectivity index (χ1) is 14.4. The van der Waals surface area contributed by atoms with Crippen molar-refractivity contribution in [3.8, 4) is 11.5 Å². The molecule has 0 spiro atoms. The van der Waals surface area contributed by atoms with E-state index in [2.05, 4.69) is 57.0 Å². The molecule has 2 aliphatic rings. The van der Waals surface area contributed by atoms with E-state index in [1.165, 1.54) is 36.1 Å². The van der Waals surface area contributed by atoms with Gasteiger partial charge >= 0.3 is 0 Å². The maximum atomic E-state index is 5.52. The fourth-order valence-electron chi connectivity index (χ4n) is 2.94. The summed E-state index contributed by atoms with van der Waals surface area (Å²) in [5.41, 5.74) is 4.00. The van der Waals surface area contributed by atoms with E-state index in [1.807, 2.05) is 44.2 Å². The van der Waals surface area contributed by atoms with Crippen molar-refractivity contribution in [2.24, 2.45) is 0 Å². The summed E-state index contributed by atoms with van der Waals surface area (Å²) in [6.45, 7) is 9.11. The van der Waals surface area contributed by atoms with Gasteiger partial charge in [-0.25, -0.2) is 0 Å². The SMILES string of the molecule is CCC.CCc1ccc2c(c1)CCCO2.CN(C)C.CN1CCOc2ccccc21. The third-order valence-corrected chi connectivity index (χ3v) is 4.34. The lowest BCUT2D eigenvalue weighted by molar-refractivity contribution is 0.288. The van der Waals surface area contributed by atoms with Crippen LogP contribution in [-0.4, -0.2) is 52.8 Å². The van der Waals surface area contributed by atoms with Gasteiger partial charge in [-0.15, -0.1) is 0 Å². The molecule has 0 radical (unpaired) electrons. The third kappa shape index (κ3) is 9.53. The van der Waals surface area contributed by atoms with Gasteiger partial charge in [0.15, 0.2) is 0 Å². The number of para-hydroxylation sites is 2. The highest BCUT2D eigenvalue weighted by atomic mass is 16.5. The fourth-order valence-corrected chi connectivity index (χ4v) is 2.94. The molecule has 2 aromatic carbocycles. The van der Waals surface area contributed by atoms with Crippen LogP contribution in [0.1, 0.15) is 44.7 Å². The van der Waals surface area contributed by atoms with Crippen LogP contribution in [0.4, 0.5) is 5.69 Å². The molecule has 0 atom stereocenters. The first-order valence-corrected chi connectivity index (χ1v) is 11.2. The highest BCUT2D eigenvalue weighted by molar-refractivity contribution is 5.58. The normalized spacial score (nSPS) is 13.5. The van der Waals surface area contributed by atoms with Crippen LogP contribution in [0.2, 0.25) is 0 Å². The molecule has 0 bridgehead atoms. The quantitative estimate of drug-likeness (QED) is 0.599. The van der Waals surface area contributed by atoms with Crippen molar-refractivity contribution in [3.05, 3.63) is 53.6 Å². The lowest BCUT2D eigenvalue weighted by atomic mass is 10.0. The first kappa shape index (κ1) is 25.8. The van der Waals surface area contributed by atoms with Crippen molar-refractivity contribution in [3.63, 3.8) is 0 Å². The molecule has 4 rings (SSSR count). The van der Waals surface area contributed by atoms with E-state index in [-0.39, 0.29) is 0 Å². The van der Waals surface area contributed by atoms with Crippen LogP contribution in [0, 0.1) is 0 Å². The molecule has 168 valence electrons. The molecule has 4 heteroatoms. The maximum Gasteiger partial charge on any atom is 0.142 e. The van der Waals surface area contributed by atoms with E-state index in [9.17, 15) is 0 Å². The number of nitrogens with zero attached hydrogens (tertiary/aromatic N) is 2. The van der Waals surface area contributed by atoms with Gasteiger partial charge in [0.25, 0.3) is 0 Å². The number of ether oxygens (including phenoxy) is 2. The molecular weight excluding hydrogens is 372 g/mol. The van der Waals surface area contributed by atoms with Crippen molar-refractivity contribution >= 4 is 5.69 Å². The molecule has 0 amide bonds. The van der Waals surface area contributed by atoms with Gasteiger partial charge in [0.2, 0.25) is 0 Å². The molecule has 0 saturated carbocycles. The average molecular weight is 415 g/mol. The van der Waals surface area contributed by atoms with Gasteiger partial charge in [0.05, 0.1) is 18.8 Å². The van der Waals surface area contributed by atoms with Gasteiger partial charge in [-0.2, -0.15) is 0 Å². The Bertz CT molecular complexity index is 713. The number of likely N-dealkylation sites (N-methyl/N-ethyl adjacent to an activating group) is 1. The van der Waals surface area contributed by atoms with E-state index in [1.54, 1.807) is 0 Å². The predicted octanol–water partition coefficient (Wildman–Crippen LogP) is 5.68. The summed E-state index contributed by atoms with van der Waals surface area (Å²) in [5.74, 6) is 2.10. The van der Waals surface area contributed by atoms with Crippen molar-refractivity contribution in [2.45, 2.75) is 46.5 Å². The number of benzene rings is 2. The van der Waals surface area contributed by atoms with Crippen molar-refractivity contribution < 1.29 is 9.47 Å². The second kappa shape index (κ2) is 14.7. The van der Waals surface area contributed by atoms with Gasteiger partial charge in [-0.3, -0.25) is 0 Å². The van der Waals surface area contributed by atoms with Crippen LogP contribution in [0.5, 0.6) is 11.5 Å². The summed E-state index contributed by atoms with van der Waals surface area (Å²) in [4.78, 5) is 4.21. The van der Waals surface area contributed by atoms with E-state index in [4.69, 9.17) is 9.47 Å². The van der Waals surface area contributed by atoms with E-state index in [0.717, 1.165) is 37.7 Å². The highest BCUT2D eigenvalue weighted by Crippen LogP contribution is 2.29. The van der Waals surface area contributed by atoms with Gasteiger partial charge in [0, 0.05) is 7.05 Å². The molecular formula is C26H42N2O2. The van der Waals surface area contributed by atoms with E-state index in [0.29, 0.717) is 0 Å². The van der Waals surface area contributed by atoms with Gasteiger partial charge in [-0.1, -0.05) is 51.5 Å². The monoisotopic (exact) mass is 414 g/mol. The summed E-state index contributed by atoms with van der Waals surface area (Å²) < 4.78 is 11.0. The molecule has 0 saturated heterocycles. The summed E-state index contributed by atoms with van der Waals surface area (Å²) in [7, 11) is 8.08. The highest BCUT2D eigenvalue weighted by Gasteiger charge is 2.12. The Morgan fingerprint density at radius 3 is 2.17 bits per heavy atom. The molecule has 30 heavy (non-hydrogen) atoms. The second-order valence-electron chi connectivity index (χ2n) is 8.03. The fraction of sp³-hybridized carbons (Fsp3) is 0.538. The topological polar surface area (TPSA) is 24.9 Å². The summed E-state index contributed by atoms with van der Waals surface area (Å²) >= 11 is 0. The van der Waals surface area contributed by atoms with Gasteiger partial charge in [-0.05, 0) is 69.7 Å². The number of rotatable bonds is 1. The zero-order chi connectivity index (χ0) is 22.4. The Hall–Kier alpha value is -2.20. The number of hydrogen-bond donors (Lipinski definition) is 0. The third-order valence-electron chi connectivity index (χ3n) is 4.34. The molecule has 0 aliphatic carbocycles. The van der Waals surface area contributed by atoms with E-state index < -0.39 is 0 Å². The summed E-state index contributed by atoms with van der Waals surface area (Å²) in [6.07, 6.45) is 4.72. The standard InChI is InChI=1S/C11H14O.C9H11NO.C3H9N.C3H8/c1-2-9-5-6-11-10(8-9)4-3-7-12-11;1-10-6-7-11-9-5-3-2-4-8(9)10;1-4(2)3;1-3-2/h5-6,8H,2-4,7H2,1H3;2-5H,6-7H2,1H3;1-3H3;3H2,1-2H3. The molecule has 0 aromatic heterocycles. The Labute approximate surface area is 184 Å². The molecule has 2 heterocycles. The first-order valence-electron chi connectivity index (χ1n) is 11.2. The molecule has 0 unspecified atom stereocenters. The number of hydrogen-bond acceptors (Lipinski definition) is 4. The zero-order valence-corrected chi connectivity index (χ0v) is 20.2. The average Bonchev–Trinajstić information content (AvgIpc) is 2.74. The van der Waals surface area contributed by atoms with Crippen LogP contribution >= 0.6 is 0 Å². The molecule has 0 fully saturated rings. The number of anilines is 1. The summed E-state index contributed by atoms with van der Waals surface area (Å²) in [6, 6.07) is 14.6. The minimum atomic E-state index is 0.799. The largest absolute Gasteiger partial charge is 0.493 e. The zero-order valence-electron chi connectivity index (χ0n) is 20.2. The molecule has 2 aromatic rings. The van der Waals surface area contributed by atoms with Crippen LogP contribution in [0.25, 0.3) is 0 Å². The lowest BCUT2D eigenvalue weighted by Gasteiger charge is -2.27. The van der Waals surface area contributed by atoms with Gasteiger partial charge in [0.1, 0.15) is 18.1 Å². The van der Waals surface area contributed by atoms with Crippen LogP contribution < -0.4 is 14.4 Å². The lowest BCUT2D eigenvalue weighted by Crippen LogP contribution is -2.28. The Morgan fingerprint density at radius 1 is 0.900 bits per heavy atom. The Balaban J connectivity index is 0.000000231. The molecule has 0 N–H and O–H groups in total. The van der Waals surface area contributed by atoms with E-state index >= 15 is 0 Å². The van der Waals surface area contributed by atoms with Gasteiger partial charge < -0.3 is 19.3 Å². The van der Waals surface area contributed by atoms with Crippen LogP contribution in [0.15, 0.2) is 42.5 Å². The number of fused-ring (bicyclic) bond motifs is 2. The Kier molecular flexibility index (Phi) is 12.7. The summed E-state index contributed by atoms with van der Waals surface area (Å²) in [5, 5.41) is 0. The molecule has 2 aliphatic heterocycles. The molecule has 4 nitrogen and oxygen atoms in total. The Morgan fingerprint density at radius 2 is 1.53 bits per heavy atom. The second-order valence-corrected chi connectivity index (χ2v) is 8.03. The van der Waals surface area contributed by atoms with Crippen molar-refractivity contribution in [1.29, 1.82) is 0 Å². The predicted molar refractivity (Wildman–Crippen MR) is 130 cm³/mol.